The van der Waals surface area contributed by atoms with Gasteiger partial charge in [-0.1, -0.05) is 121 Å². The average molecular weight is 653 g/mol. The van der Waals surface area contributed by atoms with Gasteiger partial charge in [-0.2, -0.15) is 0 Å². The van der Waals surface area contributed by atoms with Gasteiger partial charge in [0.25, 0.3) is 0 Å². The van der Waals surface area contributed by atoms with Crippen molar-refractivity contribution in [1.82, 2.24) is 4.57 Å². The number of fused-ring (bicyclic) bond motifs is 7. The van der Waals surface area contributed by atoms with Crippen molar-refractivity contribution in [1.29, 1.82) is 0 Å². The van der Waals surface area contributed by atoms with Crippen LogP contribution in [0.4, 0.5) is 17.1 Å². The fraction of sp³-hybridized carbons (Fsp3) is 0. The number of furan rings is 1. The van der Waals surface area contributed by atoms with Crippen LogP contribution in [0.15, 0.2) is 199 Å². The monoisotopic (exact) mass is 652 g/mol. The molecule has 0 N–H and O–H groups in total. The molecule has 0 saturated heterocycles. The van der Waals surface area contributed by atoms with Gasteiger partial charge in [-0.25, -0.2) is 0 Å². The highest BCUT2D eigenvalue weighted by Crippen LogP contribution is 2.42. The quantitative estimate of drug-likeness (QED) is 0.178. The van der Waals surface area contributed by atoms with Crippen molar-refractivity contribution in [3.05, 3.63) is 194 Å². The third kappa shape index (κ3) is 4.90. The zero-order valence-corrected chi connectivity index (χ0v) is 27.8. The summed E-state index contributed by atoms with van der Waals surface area (Å²) in [5, 5.41) is 4.74. The minimum atomic E-state index is 0.911. The zero-order valence-electron chi connectivity index (χ0n) is 27.8. The third-order valence-electron chi connectivity index (χ3n) is 10.0. The van der Waals surface area contributed by atoms with Gasteiger partial charge in [0.15, 0.2) is 0 Å². The Kier molecular flexibility index (Phi) is 6.81. The molecule has 0 amide bonds. The van der Waals surface area contributed by atoms with Crippen molar-refractivity contribution in [3.63, 3.8) is 0 Å². The molecule has 2 aromatic heterocycles. The number of rotatable bonds is 6. The molecule has 0 aliphatic heterocycles. The maximum Gasteiger partial charge on any atom is 0.136 e. The molecule has 0 spiro atoms. The van der Waals surface area contributed by atoms with Gasteiger partial charge in [0, 0.05) is 44.3 Å². The molecule has 0 bridgehead atoms. The molecule has 2 heterocycles. The molecule has 3 heteroatoms. The smallest absolute Gasteiger partial charge is 0.136 e. The van der Waals surface area contributed by atoms with Crippen LogP contribution in [-0.4, -0.2) is 4.57 Å². The first kappa shape index (κ1) is 29.1. The molecular weight excluding hydrogens is 621 g/mol. The fourth-order valence-electron chi connectivity index (χ4n) is 7.62. The fourth-order valence-corrected chi connectivity index (χ4v) is 7.62. The number of benzene rings is 8. The SMILES string of the molecule is c1ccc(-c2ccc(N(c3ccc(-c4ccccc4)cc3)c3ccc(-n4c5ccccc5c5c6c(ccc54)oc4ccccc46)cc3)cc2)cc1. The van der Waals surface area contributed by atoms with Crippen LogP contribution in [0, 0.1) is 0 Å². The summed E-state index contributed by atoms with van der Waals surface area (Å²) >= 11 is 0. The van der Waals surface area contributed by atoms with E-state index in [0.29, 0.717) is 0 Å². The van der Waals surface area contributed by atoms with Crippen LogP contribution >= 0.6 is 0 Å². The second kappa shape index (κ2) is 11.9. The summed E-state index contributed by atoms with van der Waals surface area (Å²) < 4.78 is 8.68. The molecule has 0 unspecified atom stereocenters. The number of aromatic nitrogens is 1. The van der Waals surface area contributed by atoms with Gasteiger partial charge >= 0.3 is 0 Å². The van der Waals surface area contributed by atoms with Crippen molar-refractivity contribution in [2.24, 2.45) is 0 Å². The number of hydrogen-bond acceptors (Lipinski definition) is 2. The van der Waals surface area contributed by atoms with Gasteiger partial charge in [-0.15, -0.1) is 0 Å². The Morgan fingerprint density at radius 2 is 0.824 bits per heavy atom. The summed E-state index contributed by atoms with van der Waals surface area (Å²) in [6.07, 6.45) is 0. The predicted molar refractivity (Wildman–Crippen MR) is 214 cm³/mol. The number of anilines is 3. The Morgan fingerprint density at radius 1 is 0.333 bits per heavy atom. The minimum Gasteiger partial charge on any atom is -0.456 e. The molecule has 0 saturated carbocycles. The molecule has 10 rings (SSSR count). The van der Waals surface area contributed by atoms with E-state index >= 15 is 0 Å². The maximum absolute atomic E-state index is 6.30. The molecule has 8 aromatic carbocycles. The van der Waals surface area contributed by atoms with Gasteiger partial charge in [-0.05, 0) is 95.1 Å². The first-order chi connectivity index (χ1) is 25.3. The highest BCUT2D eigenvalue weighted by Gasteiger charge is 2.19. The highest BCUT2D eigenvalue weighted by atomic mass is 16.3. The lowest BCUT2D eigenvalue weighted by molar-refractivity contribution is 0.669. The molecule has 0 aliphatic carbocycles. The van der Waals surface area contributed by atoms with Crippen molar-refractivity contribution in [2.45, 2.75) is 0 Å². The topological polar surface area (TPSA) is 21.3 Å². The average Bonchev–Trinajstić information content (AvgIpc) is 3.75. The van der Waals surface area contributed by atoms with Gasteiger partial charge in [0.05, 0.1) is 11.0 Å². The number of para-hydroxylation sites is 2. The van der Waals surface area contributed by atoms with Crippen LogP contribution in [0.1, 0.15) is 0 Å². The van der Waals surface area contributed by atoms with Crippen LogP contribution in [0.5, 0.6) is 0 Å². The number of nitrogens with zero attached hydrogens (tertiary/aromatic N) is 2. The van der Waals surface area contributed by atoms with Crippen LogP contribution < -0.4 is 4.90 Å². The van der Waals surface area contributed by atoms with E-state index in [-0.39, 0.29) is 0 Å². The van der Waals surface area contributed by atoms with E-state index in [1.54, 1.807) is 0 Å². The molecule has 0 atom stereocenters. The van der Waals surface area contributed by atoms with E-state index < -0.39 is 0 Å². The number of hydrogen-bond donors (Lipinski definition) is 0. The summed E-state index contributed by atoms with van der Waals surface area (Å²) in [6, 6.07) is 69.1. The Balaban J connectivity index is 1.10. The Morgan fingerprint density at radius 3 is 1.43 bits per heavy atom. The summed E-state index contributed by atoms with van der Waals surface area (Å²) in [5.41, 5.74) is 13.3. The standard InChI is InChI=1S/C48H32N2O/c1-3-11-33(12-4-1)35-19-23-37(24-20-35)49(38-25-21-36(22-26-38)34-13-5-2-6-14-34)39-27-29-40(30-28-39)50-43-17-9-7-15-41(43)47-44(50)31-32-46-48(47)42-16-8-10-18-45(42)51-46/h1-32H. The Hall–Kier alpha value is -6.84. The van der Waals surface area contributed by atoms with Gasteiger partial charge in [-0.3, -0.25) is 0 Å². The van der Waals surface area contributed by atoms with Crippen molar-refractivity contribution in [2.75, 3.05) is 4.90 Å². The molecule has 0 radical (unpaired) electrons. The summed E-state index contributed by atoms with van der Waals surface area (Å²) in [6.45, 7) is 0. The molecule has 10 aromatic rings. The van der Waals surface area contributed by atoms with Crippen molar-refractivity contribution >= 4 is 60.8 Å². The molecule has 0 aliphatic rings. The normalized spacial score (nSPS) is 11.5. The van der Waals surface area contributed by atoms with Crippen molar-refractivity contribution < 1.29 is 4.42 Å². The van der Waals surface area contributed by atoms with Gasteiger partial charge in [0.1, 0.15) is 11.2 Å². The predicted octanol–water partition coefficient (Wildman–Crippen LogP) is 13.5. The molecule has 240 valence electrons. The van der Waals surface area contributed by atoms with E-state index in [0.717, 1.165) is 44.8 Å². The van der Waals surface area contributed by atoms with Gasteiger partial charge < -0.3 is 13.9 Å². The van der Waals surface area contributed by atoms with E-state index in [1.807, 2.05) is 6.07 Å². The van der Waals surface area contributed by atoms with Gasteiger partial charge in [0.2, 0.25) is 0 Å². The lowest BCUT2D eigenvalue weighted by atomic mass is 10.0. The highest BCUT2D eigenvalue weighted by molar-refractivity contribution is 6.27. The van der Waals surface area contributed by atoms with Crippen LogP contribution in [0.25, 0.3) is 71.7 Å². The van der Waals surface area contributed by atoms with Crippen LogP contribution in [0.2, 0.25) is 0 Å². The van der Waals surface area contributed by atoms with E-state index in [4.69, 9.17) is 4.42 Å². The van der Waals surface area contributed by atoms with Crippen LogP contribution in [-0.2, 0) is 0 Å². The summed E-state index contributed by atoms with van der Waals surface area (Å²) in [7, 11) is 0. The lowest BCUT2D eigenvalue weighted by Crippen LogP contribution is -2.10. The second-order valence-electron chi connectivity index (χ2n) is 13.0. The lowest BCUT2D eigenvalue weighted by Gasteiger charge is -2.26. The van der Waals surface area contributed by atoms with Crippen LogP contribution in [0.3, 0.4) is 0 Å². The van der Waals surface area contributed by atoms with E-state index in [1.165, 1.54) is 43.9 Å². The zero-order chi connectivity index (χ0) is 33.7. The first-order valence-electron chi connectivity index (χ1n) is 17.4. The molecule has 0 fully saturated rings. The van der Waals surface area contributed by atoms with Crippen molar-refractivity contribution in [3.8, 4) is 27.9 Å². The van der Waals surface area contributed by atoms with E-state index in [2.05, 4.69) is 198 Å². The molecule has 3 nitrogen and oxygen atoms in total. The summed E-state index contributed by atoms with van der Waals surface area (Å²) in [4.78, 5) is 2.33. The van der Waals surface area contributed by atoms with E-state index in [9.17, 15) is 0 Å². The first-order valence-corrected chi connectivity index (χ1v) is 17.4. The third-order valence-corrected chi connectivity index (χ3v) is 10.0. The Labute approximate surface area is 295 Å². The molecular formula is C48H32N2O. The maximum atomic E-state index is 6.30. The molecule has 51 heavy (non-hydrogen) atoms. The minimum absolute atomic E-state index is 0.911. The summed E-state index contributed by atoms with van der Waals surface area (Å²) in [5.74, 6) is 0. The largest absolute Gasteiger partial charge is 0.456 e. The Bertz CT molecular complexity index is 2730. The second-order valence-corrected chi connectivity index (χ2v) is 13.0.